The number of furan rings is 1. The van der Waals surface area contributed by atoms with Crippen molar-refractivity contribution in [3.8, 4) is 11.5 Å². The van der Waals surface area contributed by atoms with Crippen LogP contribution in [-0.2, 0) is 24.2 Å². The van der Waals surface area contributed by atoms with Crippen LogP contribution in [0.4, 0.5) is 8.78 Å². The Labute approximate surface area is 195 Å². The smallest absolute Gasteiger partial charge is 0.387 e. The highest BCUT2D eigenvalue weighted by molar-refractivity contribution is 5.96. The number of amides is 2. The molecule has 34 heavy (non-hydrogen) atoms. The van der Waals surface area contributed by atoms with Gasteiger partial charge in [0.25, 0.3) is 5.91 Å². The van der Waals surface area contributed by atoms with Gasteiger partial charge in [0.1, 0.15) is 6.04 Å². The molecule has 1 aliphatic heterocycles. The van der Waals surface area contributed by atoms with Crippen LogP contribution in [0, 0.1) is 0 Å². The molecule has 2 amide bonds. The molecule has 1 aliphatic rings. The third-order valence-corrected chi connectivity index (χ3v) is 5.70. The normalized spacial score (nSPS) is 15.1. The molecule has 9 heteroatoms. The highest BCUT2D eigenvalue weighted by Crippen LogP contribution is 2.30. The van der Waals surface area contributed by atoms with Crippen molar-refractivity contribution in [3.05, 3.63) is 83.3 Å². The van der Waals surface area contributed by atoms with E-state index >= 15 is 0 Å². The van der Waals surface area contributed by atoms with Crippen LogP contribution in [0.15, 0.2) is 65.3 Å². The summed E-state index contributed by atoms with van der Waals surface area (Å²) in [6.07, 6.45) is 2.25. The van der Waals surface area contributed by atoms with E-state index in [0.29, 0.717) is 19.4 Å². The molecule has 1 N–H and O–H groups in total. The SMILES string of the molecule is COc1cc(CCNC(=O)C2Cc3ccccc3CN2C(=O)c2ccco2)ccc1OC(F)F. The van der Waals surface area contributed by atoms with Crippen molar-refractivity contribution in [1.82, 2.24) is 10.2 Å². The fraction of sp³-hybridized carbons (Fsp3) is 0.280. The summed E-state index contributed by atoms with van der Waals surface area (Å²) in [6, 6.07) is 14.9. The summed E-state index contributed by atoms with van der Waals surface area (Å²) in [5.74, 6) is -0.324. The van der Waals surface area contributed by atoms with Crippen LogP contribution in [0.25, 0.3) is 0 Å². The Balaban J connectivity index is 1.44. The summed E-state index contributed by atoms with van der Waals surface area (Å²) in [6.45, 7) is -2.36. The van der Waals surface area contributed by atoms with Crippen LogP contribution in [0.3, 0.4) is 0 Å². The highest BCUT2D eigenvalue weighted by atomic mass is 19.3. The number of hydrogen-bond donors (Lipinski definition) is 1. The number of ether oxygens (including phenoxy) is 2. The van der Waals surface area contributed by atoms with E-state index < -0.39 is 12.7 Å². The van der Waals surface area contributed by atoms with E-state index in [9.17, 15) is 18.4 Å². The van der Waals surface area contributed by atoms with E-state index in [2.05, 4.69) is 10.1 Å². The van der Waals surface area contributed by atoms with Crippen LogP contribution in [0.2, 0.25) is 0 Å². The third-order valence-electron chi connectivity index (χ3n) is 5.70. The molecule has 0 fully saturated rings. The highest BCUT2D eigenvalue weighted by Gasteiger charge is 2.35. The first-order valence-electron chi connectivity index (χ1n) is 10.8. The molecule has 0 saturated carbocycles. The standard InChI is InChI=1S/C25H24F2N2O5/c1-32-22-13-16(8-9-20(22)34-25(26)27)10-11-28-23(30)19-14-17-5-2-3-6-18(17)15-29(19)24(31)21-7-4-12-33-21/h2-9,12-13,19,25H,10-11,14-15H2,1H3,(H,28,30). The predicted molar refractivity (Wildman–Crippen MR) is 119 cm³/mol. The third kappa shape index (κ3) is 5.19. The molecule has 0 aliphatic carbocycles. The second-order valence-electron chi connectivity index (χ2n) is 7.80. The zero-order chi connectivity index (χ0) is 24.1. The van der Waals surface area contributed by atoms with Crippen molar-refractivity contribution in [2.45, 2.75) is 32.0 Å². The van der Waals surface area contributed by atoms with Crippen molar-refractivity contribution < 1.29 is 32.3 Å². The Morgan fingerprint density at radius 3 is 2.62 bits per heavy atom. The number of benzene rings is 2. The number of nitrogens with one attached hydrogen (secondary N) is 1. The van der Waals surface area contributed by atoms with Gasteiger partial charge in [-0.05, 0) is 47.4 Å². The molecular weight excluding hydrogens is 446 g/mol. The molecule has 3 aromatic rings. The zero-order valence-electron chi connectivity index (χ0n) is 18.5. The summed E-state index contributed by atoms with van der Waals surface area (Å²) < 4.78 is 39.9. The first kappa shape index (κ1) is 23.3. The first-order chi connectivity index (χ1) is 16.5. The Morgan fingerprint density at radius 1 is 1.12 bits per heavy atom. The van der Waals surface area contributed by atoms with Crippen molar-refractivity contribution in [1.29, 1.82) is 0 Å². The molecule has 0 radical (unpaired) electrons. The average Bonchev–Trinajstić information content (AvgIpc) is 3.38. The van der Waals surface area contributed by atoms with Crippen LogP contribution in [-0.4, -0.2) is 43.0 Å². The zero-order valence-corrected chi connectivity index (χ0v) is 18.5. The maximum absolute atomic E-state index is 13.1. The van der Waals surface area contributed by atoms with Crippen molar-refractivity contribution in [3.63, 3.8) is 0 Å². The summed E-state index contributed by atoms with van der Waals surface area (Å²) in [5, 5.41) is 2.89. The second kappa shape index (κ2) is 10.4. The molecule has 0 saturated heterocycles. The molecule has 2 aromatic carbocycles. The van der Waals surface area contributed by atoms with Gasteiger partial charge in [0.05, 0.1) is 13.4 Å². The van der Waals surface area contributed by atoms with Gasteiger partial charge in [-0.15, -0.1) is 0 Å². The van der Waals surface area contributed by atoms with Gasteiger partial charge >= 0.3 is 6.61 Å². The van der Waals surface area contributed by atoms with Crippen molar-refractivity contribution in [2.75, 3.05) is 13.7 Å². The van der Waals surface area contributed by atoms with Gasteiger partial charge in [0.15, 0.2) is 17.3 Å². The van der Waals surface area contributed by atoms with Crippen LogP contribution in [0.5, 0.6) is 11.5 Å². The molecule has 178 valence electrons. The van der Waals surface area contributed by atoms with Gasteiger partial charge in [-0.2, -0.15) is 8.78 Å². The number of rotatable bonds is 8. The Bertz CT molecular complexity index is 1150. The van der Waals surface area contributed by atoms with Crippen molar-refractivity contribution in [2.24, 2.45) is 0 Å². The van der Waals surface area contributed by atoms with Gasteiger partial charge < -0.3 is 24.1 Å². The number of hydrogen-bond acceptors (Lipinski definition) is 5. The summed E-state index contributed by atoms with van der Waals surface area (Å²) in [7, 11) is 1.37. The Hall–Kier alpha value is -3.88. The first-order valence-corrected chi connectivity index (χ1v) is 10.8. The van der Waals surface area contributed by atoms with Gasteiger partial charge in [0, 0.05) is 19.5 Å². The quantitative estimate of drug-likeness (QED) is 0.542. The number of fused-ring (bicyclic) bond motifs is 1. The molecule has 0 bridgehead atoms. The number of nitrogens with zero attached hydrogens (tertiary/aromatic N) is 1. The van der Waals surface area contributed by atoms with Gasteiger partial charge in [0.2, 0.25) is 5.91 Å². The lowest BCUT2D eigenvalue weighted by Crippen LogP contribution is -2.52. The second-order valence-corrected chi connectivity index (χ2v) is 7.80. The topological polar surface area (TPSA) is 81.0 Å². The lowest BCUT2D eigenvalue weighted by atomic mass is 9.93. The van der Waals surface area contributed by atoms with Crippen molar-refractivity contribution >= 4 is 11.8 Å². The van der Waals surface area contributed by atoms with Crippen LogP contribution >= 0.6 is 0 Å². The Kier molecular flexibility index (Phi) is 7.10. The number of alkyl halides is 2. The van der Waals surface area contributed by atoms with E-state index in [1.165, 1.54) is 24.3 Å². The summed E-state index contributed by atoms with van der Waals surface area (Å²) in [4.78, 5) is 27.7. The molecule has 1 atom stereocenters. The van der Waals surface area contributed by atoms with Crippen LogP contribution in [0.1, 0.15) is 27.2 Å². The minimum Gasteiger partial charge on any atom is -0.493 e. The molecule has 1 unspecified atom stereocenters. The molecule has 0 spiro atoms. The van der Waals surface area contributed by atoms with E-state index in [4.69, 9.17) is 9.15 Å². The lowest BCUT2D eigenvalue weighted by molar-refractivity contribution is -0.126. The molecule has 1 aromatic heterocycles. The fourth-order valence-electron chi connectivity index (χ4n) is 4.02. The fourth-order valence-corrected chi connectivity index (χ4v) is 4.02. The molecular formula is C25H24F2N2O5. The summed E-state index contributed by atoms with van der Waals surface area (Å²) in [5.41, 5.74) is 2.78. The van der Waals surface area contributed by atoms with E-state index in [1.54, 1.807) is 24.3 Å². The number of halogens is 2. The van der Waals surface area contributed by atoms with Gasteiger partial charge in [-0.3, -0.25) is 9.59 Å². The molecule has 4 rings (SSSR count). The Morgan fingerprint density at radius 2 is 1.91 bits per heavy atom. The monoisotopic (exact) mass is 470 g/mol. The van der Waals surface area contributed by atoms with Gasteiger partial charge in [-0.25, -0.2) is 0 Å². The van der Waals surface area contributed by atoms with E-state index in [1.807, 2.05) is 24.3 Å². The average molecular weight is 470 g/mol. The van der Waals surface area contributed by atoms with Crippen LogP contribution < -0.4 is 14.8 Å². The minimum atomic E-state index is -2.95. The number of carbonyl (C=O) groups excluding carboxylic acids is 2. The molecule has 7 nitrogen and oxygen atoms in total. The number of methoxy groups -OCH3 is 1. The predicted octanol–water partition coefficient (Wildman–Crippen LogP) is 3.82. The van der Waals surface area contributed by atoms with E-state index in [0.717, 1.165) is 16.7 Å². The maximum atomic E-state index is 13.1. The van der Waals surface area contributed by atoms with Gasteiger partial charge in [-0.1, -0.05) is 30.3 Å². The lowest BCUT2D eigenvalue weighted by Gasteiger charge is -2.35. The molecule has 2 heterocycles. The minimum absolute atomic E-state index is 0.0572. The van der Waals surface area contributed by atoms with E-state index in [-0.39, 0.29) is 35.6 Å². The maximum Gasteiger partial charge on any atom is 0.387 e. The largest absolute Gasteiger partial charge is 0.493 e. The number of carbonyl (C=O) groups is 2. The summed E-state index contributed by atoms with van der Waals surface area (Å²) >= 11 is 0.